The van der Waals surface area contributed by atoms with Crippen molar-refractivity contribution in [3.05, 3.63) is 61.6 Å². The van der Waals surface area contributed by atoms with Crippen LogP contribution in [0.4, 0.5) is 0 Å². The molecular weight excluding hydrogens is 369 g/mol. The molecule has 7 heteroatoms. The lowest BCUT2D eigenvalue weighted by Crippen LogP contribution is -2.17. The van der Waals surface area contributed by atoms with E-state index < -0.39 is 5.63 Å². The van der Waals surface area contributed by atoms with Crippen LogP contribution in [0.5, 0.6) is 5.75 Å². The van der Waals surface area contributed by atoms with Gasteiger partial charge >= 0.3 is 5.63 Å². The second-order valence-electron chi connectivity index (χ2n) is 5.44. The number of benzene rings is 1. The highest BCUT2D eigenvalue weighted by molar-refractivity contribution is 7.99. The topological polar surface area (TPSA) is 62.8 Å². The molecule has 1 aromatic heterocycles. The Morgan fingerprint density at radius 2 is 2.17 bits per heavy atom. The first kappa shape index (κ1) is 17.4. The van der Waals surface area contributed by atoms with Crippen molar-refractivity contribution in [2.75, 3.05) is 12.3 Å². The van der Waals surface area contributed by atoms with Crippen LogP contribution < -0.4 is 5.63 Å². The van der Waals surface area contributed by atoms with Gasteiger partial charge < -0.3 is 9.52 Å². The van der Waals surface area contributed by atoms with Crippen LogP contribution in [0.1, 0.15) is 28.6 Å². The molecule has 0 amide bonds. The lowest BCUT2D eigenvalue weighted by atomic mass is 10.0. The number of rotatable bonds is 2. The van der Waals surface area contributed by atoms with Gasteiger partial charge in [-0.1, -0.05) is 35.3 Å². The Balaban J connectivity index is 2.01. The van der Waals surface area contributed by atoms with E-state index in [1.165, 1.54) is 6.07 Å². The molecule has 0 unspecified atom stereocenters. The highest BCUT2D eigenvalue weighted by atomic mass is 35.5. The quantitative estimate of drug-likeness (QED) is 0.820. The van der Waals surface area contributed by atoms with E-state index in [-0.39, 0.29) is 16.6 Å². The second-order valence-corrected chi connectivity index (χ2v) is 7.54. The molecule has 0 bridgehead atoms. The Kier molecular flexibility index (Phi) is 5.23. The molecule has 2 heterocycles. The SMILES string of the molecule is Cc1cc(O)c(C2=NCCS[C@@H](c3cccc(Cl)c3Cl)C2)c(=O)o1. The van der Waals surface area contributed by atoms with Crippen molar-refractivity contribution in [1.82, 2.24) is 0 Å². The molecule has 0 aliphatic carbocycles. The highest BCUT2D eigenvalue weighted by Gasteiger charge is 2.25. The maximum absolute atomic E-state index is 12.2. The molecule has 1 aliphatic rings. The summed E-state index contributed by atoms with van der Waals surface area (Å²) >= 11 is 14.2. The zero-order valence-electron chi connectivity index (χ0n) is 12.9. The Morgan fingerprint density at radius 1 is 1.38 bits per heavy atom. The zero-order chi connectivity index (χ0) is 17.3. The van der Waals surface area contributed by atoms with E-state index in [2.05, 4.69) is 4.99 Å². The number of thioether (sulfide) groups is 1. The highest BCUT2D eigenvalue weighted by Crippen LogP contribution is 2.41. The van der Waals surface area contributed by atoms with Gasteiger partial charge in [-0.3, -0.25) is 4.99 Å². The molecule has 1 N–H and O–H groups in total. The fraction of sp³-hybridized carbons (Fsp3) is 0.294. The van der Waals surface area contributed by atoms with Crippen molar-refractivity contribution in [1.29, 1.82) is 0 Å². The van der Waals surface area contributed by atoms with Gasteiger partial charge in [0, 0.05) is 30.0 Å². The molecule has 4 nitrogen and oxygen atoms in total. The molecule has 0 radical (unpaired) electrons. The summed E-state index contributed by atoms with van der Waals surface area (Å²) in [5, 5.41) is 11.2. The van der Waals surface area contributed by atoms with Crippen LogP contribution >= 0.6 is 35.0 Å². The molecule has 1 aliphatic heterocycles. The molecule has 3 rings (SSSR count). The molecule has 126 valence electrons. The number of aliphatic imine (C=N–C) groups is 1. The van der Waals surface area contributed by atoms with Crippen LogP contribution in [0.15, 0.2) is 38.5 Å². The smallest absolute Gasteiger partial charge is 0.348 e. The van der Waals surface area contributed by atoms with Crippen LogP contribution in [0, 0.1) is 6.92 Å². The summed E-state index contributed by atoms with van der Waals surface area (Å²) < 4.78 is 5.12. The predicted octanol–water partition coefficient (Wildman–Crippen LogP) is 4.63. The van der Waals surface area contributed by atoms with Gasteiger partial charge in [-0.15, -0.1) is 0 Å². The Labute approximate surface area is 153 Å². The average Bonchev–Trinajstić information content (AvgIpc) is 2.75. The lowest BCUT2D eigenvalue weighted by Gasteiger charge is -2.17. The van der Waals surface area contributed by atoms with Gasteiger partial charge in [-0.25, -0.2) is 4.79 Å². The maximum Gasteiger partial charge on any atom is 0.348 e. The van der Waals surface area contributed by atoms with E-state index in [0.29, 0.717) is 34.5 Å². The molecule has 0 fully saturated rings. The van der Waals surface area contributed by atoms with Gasteiger partial charge in [0.1, 0.15) is 17.1 Å². The average molecular weight is 384 g/mol. The zero-order valence-corrected chi connectivity index (χ0v) is 15.2. The number of nitrogens with zero attached hydrogens (tertiary/aromatic N) is 1. The Morgan fingerprint density at radius 3 is 2.92 bits per heavy atom. The predicted molar refractivity (Wildman–Crippen MR) is 99.1 cm³/mol. The fourth-order valence-corrected chi connectivity index (χ4v) is 4.32. The van der Waals surface area contributed by atoms with Gasteiger partial charge in [0.25, 0.3) is 0 Å². The van der Waals surface area contributed by atoms with Gasteiger partial charge in [0.2, 0.25) is 0 Å². The van der Waals surface area contributed by atoms with Gasteiger partial charge in [0.05, 0.1) is 15.8 Å². The van der Waals surface area contributed by atoms with Crippen molar-refractivity contribution in [3.8, 4) is 5.75 Å². The first-order chi connectivity index (χ1) is 11.5. The van der Waals surface area contributed by atoms with Crippen molar-refractivity contribution in [2.24, 2.45) is 4.99 Å². The molecule has 0 spiro atoms. The summed E-state index contributed by atoms with van der Waals surface area (Å²) in [5.41, 5.74) is 0.993. The van der Waals surface area contributed by atoms with Gasteiger partial charge in [-0.2, -0.15) is 11.8 Å². The molecule has 24 heavy (non-hydrogen) atoms. The molecule has 1 atom stereocenters. The van der Waals surface area contributed by atoms with Crippen molar-refractivity contribution >= 4 is 40.7 Å². The first-order valence-corrected chi connectivity index (χ1v) is 9.20. The van der Waals surface area contributed by atoms with Crippen LogP contribution in [-0.4, -0.2) is 23.1 Å². The summed E-state index contributed by atoms with van der Waals surface area (Å²) in [6.45, 7) is 2.17. The minimum atomic E-state index is -0.575. The van der Waals surface area contributed by atoms with E-state index in [9.17, 15) is 9.90 Å². The van der Waals surface area contributed by atoms with Crippen molar-refractivity contribution < 1.29 is 9.52 Å². The summed E-state index contributed by atoms with van der Waals surface area (Å²) in [5.74, 6) is 1.04. The molecule has 2 aromatic rings. The van der Waals surface area contributed by atoms with Crippen molar-refractivity contribution in [3.63, 3.8) is 0 Å². The lowest BCUT2D eigenvalue weighted by molar-refractivity contribution is 0.432. The van der Waals surface area contributed by atoms with E-state index in [1.807, 2.05) is 12.1 Å². The first-order valence-electron chi connectivity index (χ1n) is 7.40. The largest absolute Gasteiger partial charge is 0.507 e. The molecular formula is C17H15Cl2NO3S. The summed E-state index contributed by atoms with van der Waals surface area (Å²) in [4.78, 5) is 16.6. The van der Waals surface area contributed by atoms with Crippen molar-refractivity contribution in [2.45, 2.75) is 18.6 Å². The van der Waals surface area contributed by atoms with E-state index in [0.717, 1.165) is 11.3 Å². The van der Waals surface area contributed by atoms with Crippen LogP contribution in [-0.2, 0) is 0 Å². The molecule has 0 saturated heterocycles. The van der Waals surface area contributed by atoms with Crippen LogP contribution in [0.2, 0.25) is 10.0 Å². The Bertz CT molecular complexity index is 863. The van der Waals surface area contributed by atoms with E-state index in [1.54, 1.807) is 24.8 Å². The summed E-state index contributed by atoms with van der Waals surface area (Å²) in [6, 6.07) is 6.94. The van der Waals surface area contributed by atoms with Gasteiger partial charge in [0.15, 0.2) is 0 Å². The van der Waals surface area contributed by atoms with Crippen LogP contribution in [0.3, 0.4) is 0 Å². The third kappa shape index (κ3) is 3.48. The molecule has 1 aromatic carbocycles. The van der Waals surface area contributed by atoms with Gasteiger partial charge in [-0.05, 0) is 18.6 Å². The third-order valence-corrected chi connectivity index (χ3v) is 5.84. The Hall–Kier alpha value is -1.43. The fourth-order valence-electron chi connectivity index (χ4n) is 2.69. The number of hydrogen-bond donors (Lipinski definition) is 1. The van der Waals surface area contributed by atoms with E-state index >= 15 is 0 Å². The minimum Gasteiger partial charge on any atom is -0.507 e. The summed E-state index contributed by atoms with van der Waals surface area (Å²) in [7, 11) is 0. The standard InChI is InChI=1S/C17H15Cl2NO3S/c1-9-7-13(21)15(17(22)23-9)12-8-14(24-6-5-20-12)10-3-2-4-11(18)16(10)19/h2-4,7,14,21H,5-6,8H2,1H3/t14-/m1/s1. The van der Waals surface area contributed by atoms with Crippen LogP contribution in [0.25, 0.3) is 0 Å². The number of aryl methyl sites for hydroxylation is 1. The summed E-state index contributed by atoms with van der Waals surface area (Å²) in [6.07, 6.45) is 0.464. The normalized spacial score (nSPS) is 18.1. The maximum atomic E-state index is 12.2. The number of aromatic hydroxyl groups is 1. The minimum absolute atomic E-state index is 0.00227. The monoisotopic (exact) mass is 383 g/mol. The number of halogens is 2. The third-order valence-electron chi connectivity index (χ3n) is 3.76. The number of hydrogen-bond acceptors (Lipinski definition) is 5. The molecule has 0 saturated carbocycles. The van der Waals surface area contributed by atoms with E-state index in [4.69, 9.17) is 27.6 Å². The second kappa shape index (κ2) is 7.21.